The SMILES string of the molecule is CCNS(=O)(=O)Nc1ncnc(OCCOc2ncc(Br)cn2)c1-c1ccc(Cl)cc1. The van der Waals surface area contributed by atoms with E-state index in [1.54, 1.807) is 43.6 Å². The maximum Gasteiger partial charge on any atom is 0.316 e. The third-order valence-electron chi connectivity index (χ3n) is 3.66. The van der Waals surface area contributed by atoms with E-state index in [-0.39, 0.29) is 37.5 Å². The summed E-state index contributed by atoms with van der Waals surface area (Å²) in [6, 6.07) is 6.97. The number of nitrogens with zero attached hydrogens (tertiary/aromatic N) is 4. The van der Waals surface area contributed by atoms with Crippen molar-refractivity contribution in [2.24, 2.45) is 0 Å². The van der Waals surface area contributed by atoms with Crippen LogP contribution in [0.2, 0.25) is 5.02 Å². The van der Waals surface area contributed by atoms with Crippen molar-refractivity contribution in [3.63, 3.8) is 0 Å². The molecule has 0 saturated carbocycles. The second-order valence-corrected chi connectivity index (χ2v) is 8.75. The van der Waals surface area contributed by atoms with Crippen molar-refractivity contribution in [2.45, 2.75) is 6.92 Å². The molecule has 2 N–H and O–H groups in total. The molecule has 31 heavy (non-hydrogen) atoms. The number of hydrogen-bond donors (Lipinski definition) is 2. The van der Waals surface area contributed by atoms with E-state index in [0.717, 1.165) is 4.47 Å². The zero-order chi connectivity index (χ0) is 22.3. The van der Waals surface area contributed by atoms with Crippen molar-refractivity contribution in [3.05, 3.63) is 52.5 Å². The van der Waals surface area contributed by atoms with Gasteiger partial charge >= 0.3 is 6.01 Å². The molecule has 3 aromatic rings. The van der Waals surface area contributed by atoms with Gasteiger partial charge in [0.15, 0.2) is 5.82 Å². The lowest BCUT2D eigenvalue weighted by molar-refractivity contribution is 0.202. The van der Waals surface area contributed by atoms with Crippen molar-refractivity contribution in [1.29, 1.82) is 0 Å². The first-order valence-corrected chi connectivity index (χ1v) is 11.6. The van der Waals surface area contributed by atoms with Crippen LogP contribution in [0.1, 0.15) is 6.92 Å². The van der Waals surface area contributed by atoms with Crippen LogP contribution in [0.25, 0.3) is 11.1 Å². The minimum Gasteiger partial charge on any atom is -0.473 e. The number of nitrogens with one attached hydrogen (secondary N) is 2. The number of aromatic nitrogens is 4. The second kappa shape index (κ2) is 10.7. The minimum absolute atomic E-state index is 0.0606. The first-order valence-electron chi connectivity index (χ1n) is 8.99. The molecular weight excluding hydrogens is 512 g/mol. The third kappa shape index (κ3) is 6.72. The van der Waals surface area contributed by atoms with Gasteiger partial charge in [-0.15, -0.1) is 0 Å². The monoisotopic (exact) mass is 528 g/mol. The van der Waals surface area contributed by atoms with E-state index < -0.39 is 10.2 Å². The average molecular weight is 530 g/mol. The van der Waals surface area contributed by atoms with Gasteiger partial charge in [-0.2, -0.15) is 13.1 Å². The Morgan fingerprint density at radius 2 is 1.71 bits per heavy atom. The molecule has 0 bridgehead atoms. The molecule has 10 nitrogen and oxygen atoms in total. The van der Waals surface area contributed by atoms with E-state index in [4.69, 9.17) is 21.1 Å². The number of halogens is 2. The zero-order valence-electron chi connectivity index (χ0n) is 16.2. The van der Waals surface area contributed by atoms with Gasteiger partial charge in [-0.1, -0.05) is 30.7 Å². The van der Waals surface area contributed by atoms with Crippen LogP contribution in [-0.4, -0.2) is 48.1 Å². The summed E-state index contributed by atoms with van der Waals surface area (Å²) in [6.07, 6.45) is 4.33. The topological polar surface area (TPSA) is 128 Å². The maximum atomic E-state index is 12.2. The van der Waals surface area contributed by atoms with Crippen molar-refractivity contribution in [2.75, 3.05) is 24.5 Å². The number of benzene rings is 1. The average Bonchev–Trinajstić information content (AvgIpc) is 2.73. The molecule has 0 aliphatic rings. The molecule has 2 aromatic heterocycles. The molecule has 0 radical (unpaired) electrons. The summed E-state index contributed by atoms with van der Waals surface area (Å²) >= 11 is 9.23. The van der Waals surface area contributed by atoms with E-state index in [2.05, 4.69) is 45.3 Å². The standard InChI is InChI=1S/C18H18BrClN6O4S/c1-2-25-31(27,28)26-16-15(12-3-5-14(20)6-4-12)17(24-11-23-16)29-7-8-30-18-21-9-13(19)10-22-18/h3-6,9-11,25H,2,7-8H2,1H3,(H,23,24,26). The summed E-state index contributed by atoms with van der Waals surface area (Å²) in [5.74, 6) is 0.234. The lowest BCUT2D eigenvalue weighted by atomic mass is 10.1. The Bertz CT molecular complexity index is 1120. The van der Waals surface area contributed by atoms with Crippen molar-refractivity contribution < 1.29 is 17.9 Å². The summed E-state index contributed by atoms with van der Waals surface area (Å²) in [5, 5.41) is 0.528. The number of hydrogen-bond acceptors (Lipinski definition) is 8. The van der Waals surface area contributed by atoms with Gasteiger partial charge in [0.2, 0.25) is 5.88 Å². The lowest BCUT2D eigenvalue weighted by Gasteiger charge is -2.15. The fourth-order valence-electron chi connectivity index (χ4n) is 2.43. The highest BCUT2D eigenvalue weighted by molar-refractivity contribution is 9.10. The van der Waals surface area contributed by atoms with Crippen LogP contribution in [-0.2, 0) is 10.2 Å². The minimum atomic E-state index is -3.82. The van der Waals surface area contributed by atoms with E-state index in [0.29, 0.717) is 16.1 Å². The first kappa shape index (κ1) is 23.1. The number of rotatable bonds is 10. The van der Waals surface area contributed by atoms with Crippen LogP contribution < -0.4 is 18.9 Å². The van der Waals surface area contributed by atoms with Crippen LogP contribution in [0.5, 0.6) is 11.9 Å². The lowest BCUT2D eigenvalue weighted by Crippen LogP contribution is -2.30. The van der Waals surface area contributed by atoms with Gasteiger partial charge in [0.05, 0.1) is 10.0 Å². The van der Waals surface area contributed by atoms with Crippen molar-refractivity contribution >= 4 is 43.6 Å². The summed E-state index contributed by atoms with van der Waals surface area (Å²) in [4.78, 5) is 16.3. The maximum absolute atomic E-state index is 12.2. The fourth-order valence-corrected chi connectivity index (χ4v) is 3.62. The zero-order valence-corrected chi connectivity index (χ0v) is 19.4. The Morgan fingerprint density at radius 3 is 2.39 bits per heavy atom. The second-order valence-electron chi connectivity index (χ2n) is 5.89. The fraction of sp³-hybridized carbons (Fsp3) is 0.222. The Balaban J connectivity index is 1.82. The highest BCUT2D eigenvalue weighted by Gasteiger charge is 2.19. The van der Waals surface area contributed by atoms with Gasteiger partial charge in [0.25, 0.3) is 10.2 Å². The third-order valence-corrected chi connectivity index (χ3v) is 5.45. The van der Waals surface area contributed by atoms with Gasteiger partial charge in [-0.3, -0.25) is 4.72 Å². The molecule has 0 unspecified atom stereocenters. The van der Waals surface area contributed by atoms with Gasteiger partial charge in [-0.05, 0) is 33.6 Å². The molecule has 0 atom stereocenters. The molecular formula is C18H18BrClN6O4S. The molecule has 3 rings (SSSR count). The van der Waals surface area contributed by atoms with Gasteiger partial charge in [-0.25, -0.2) is 19.9 Å². The molecule has 0 saturated heterocycles. The Labute approximate surface area is 192 Å². The summed E-state index contributed by atoms with van der Waals surface area (Å²) < 4.78 is 41.1. The first-order chi connectivity index (χ1) is 14.9. The van der Waals surface area contributed by atoms with Crippen LogP contribution in [0.4, 0.5) is 5.82 Å². The van der Waals surface area contributed by atoms with Gasteiger partial charge < -0.3 is 9.47 Å². The van der Waals surface area contributed by atoms with E-state index in [9.17, 15) is 8.42 Å². The molecule has 164 valence electrons. The predicted molar refractivity (Wildman–Crippen MR) is 119 cm³/mol. The summed E-state index contributed by atoms with van der Waals surface area (Å²) in [5.41, 5.74) is 0.979. The quantitative estimate of drug-likeness (QED) is 0.384. The number of ether oxygens (including phenoxy) is 2. The van der Waals surface area contributed by atoms with Crippen LogP contribution in [0, 0.1) is 0 Å². The molecule has 0 amide bonds. The summed E-state index contributed by atoms with van der Waals surface area (Å²) in [6.45, 7) is 2.14. The largest absolute Gasteiger partial charge is 0.473 e. The number of anilines is 1. The normalized spacial score (nSPS) is 11.2. The van der Waals surface area contributed by atoms with E-state index in [1.807, 2.05) is 0 Å². The molecule has 0 spiro atoms. The smallest absolute Gasteiger partial charge is 0.316 e. The van der Waals surface area contributed by atoms with E-state index >= 15 is 0 Å². The van der Waals surface area contributed by atoms with Crippen molar-refractivity contribution in [1.82, 2.24) is 24.7 Å². The predicted octanol–water partition coefficient (Wildman–Crippen LogP) is 3.07. The van der Waals surface area contributed by atoms with Gasteiger partial charge in [0, 0.05) is 24.0 Å². The molecule has 2 heterocycles. The van der Waals surface area contributed by atoms with Crippen LogP contribution in [0.3, 0.4) is 0 Å². The van der Waals surface area contributed by atoms with Crippen LogP contribution >= 0.6 is 27.5 Å². The molecule has 13 heteroatoms. The highest BCUT2D eigenvalue weighted by Crippen LogP contribution is 2.34. The highest BCUT2D eigenvalue weighted by atomic mass is 79.9. The molecule has 0 fully saturated rings. The Kier molecular flexibility index (Phi) is 7.96. The van der Waals surface area contributed by atoms with Gasteiger partial charge in [0.1, 0.15) is 19.5 Å². The van der Waals surface area contributed by atoms with Crippen molar-refractivity contribution in [3.8, 4) is 23.0 Å². The Hall–Kier alpha value is -2.54. The Morgan fingerprint density at radius 1 is 1.03 bits per heavy atom. The molecule has 1 aromatic carbocycles. The molecule has 0 aliphatic heterocycles. The van der Waals surface area contributed by atoms with E-state index in [1.165, 1.54) is 6.33 Å². The van der Waals surface area contributed by atoms with Crippen LogP contribution in [0.15, 0.2) is 47.5 Å². The molecule has 0 aliphatic carbocycles. The summed E-state index contributed by atoms with van der Waals surface area (Å²) in [7, 11) is -3.82.